The smallest absolute Gasteiger partial charge is 0.230 e. The first-order chi connectivity index (χ1) is 9.63. The summed E-state index contributed by atoms with van der Waals surface area (Å²) in [6.07, 6.45) is 2.11. The number of benzene rings is 1. The Bertz CT molecular complexity index is 422. The molecule has 1 aliphatic heterocycles. The molecule has 1 aromatic carbocycles. The van der Waals surface area contributed by atoms with Crippen molar-refractivity contribution in [3.63, 3.8) is 0 Å². The number of carbonyl (C=O) groups excluding carboxylic acids is 1. The van der Waals surface area contributed by atoms with Gasteiger partial charge in [-0.25, -0.2) is 0 Å². The number of piperidine rings is 1. The molecule has 1 amide bonds. The second-order valence-corrected chi connectivity index (χ2v) is 6.02. The van der Waals surface area contributed by atoms with Crippen molar-refractivity contribution < 1.29 is 4.79 Å². The van der Waals surface area contributed by atoms with Crippen LogP contribution in [0.5, 0.6) is 0 Å². The summed E-state index contributed by atoms with van der Waals surface area (Å²) in [5.41, 5.74) is 1.14. The van der Waals surface area contributed by atoms with Gasteiger partial charge in [-0.15, -0.1) is 0 Å². The Morgan fingerprint density at radius 1 is 1.20 bits per heavy atom. The van der Waals surface area contributed by atoms with Gasteiger partial charge in [0.1, 0.15) is 0 Å². The van der Waals surface area contributed by atoms with Gasteiger partial charge in [0.2, 0.25) is 5.91 Å². The van der Waals surface area contributed by atoms with Gasteiger partial charge in [-0.05, 0) is 31.4 Å². The standard InChI is InChI=1S/C17H26N2O/c1-13(2)16(14-7-5-4-6-8-14)17(20)19-11-9-15(18-3)10-12-19/h4-8,13,15-16,18H,9-12H2,1-3H3. The minimum atomic E-state index is -0.0117. The van der Waals surface area contributed by atoms with Crippen LogP contribution in [0.4, 0.5) is 0 Å². The molecular formula is C17H26N2O. The number of hydrogen-bond donors (Lipinski definition) is 1. The number of amides is 1. The summed E-state index contributed by atoms with van der Waals surface area (Å²) in [5.74, 6) is 0.606. The van der Waals surface area contributed by atoms with Crippen molar-refractivity contribution in [1.82, 2.24) is 10.2 Å². The molecule has 1 aromatic rings. The number of hydrogen-bond acceptors (Lipinski definition) is 2. The topological polar surface area (TPSA) is 32.3 Å². The van der Waals surface area contributed by atoms with E-state index in [-0.39, 0.29) is 5.92 Å². The zero-order chi connectivity index (χ0) is 14.5. The zero-order valence-corrected chi connectivity index (χ0v) is 12.8. The first kappa shape index (κ1) is 15.0. The Hall–Kier alpha value is -1.35. The molecular weight excluding hydrogens is 248 g/mol. The second kappa shape index (κ2) is 6.89. The van der Waals surface area contributed by atoms with Crippen LogP contribution in [-0.2, 0) is 4.79 Å². The first-order valence-corrected chi connectivity index (χ1v) is 7.64. The van der Waals surface area contributed by atoms with Crippen LogP contribution in [0.1, 0.15) is 38.2 Å². The minimum Gasteiger partial charge on any atom is -0.342 e. The molecule has 1 unspecified atom stereocenters. The number of carbonyl (C=O) groups is 1. The predicted molar refractivity (Wildman–Crippen MR) is 82.7 cm³/mol. The molecule has 1 aliphatic rings. The van der Waals surface area contributed by atoms with E-state index in [4.69, 9.17) is 0 Å². The van der Waals surface area contributed by atoms with E-state index >= 15 is 0 Å². The van der Waals surface area contributed by atoms with E-state index in [1.807, 2.05) is 30.1 Å². The van der Waals surface area contributed by atoms with Crippen LogP contribution in [0.15, 0.2) is 30.3 Å². The van der Waals surface area contributed by atoms with Gasteiger partial charge in [0, 0.05) is 19.1 Å². The molecule has 1 atom stereocenters. The van der Waals surface area contributed by atoms with Gasteiger partial charge in [-0.1, -0.05) is 44.2 Å². The summed E-state index contributed by atoms with van der Waals surface area (Å²) in [6, 6.07) is 10.7. The number of likely N-dealkylation sites (tertiary alicyclic amines) is 1. The lowest BCUT2D eigenvalue weighted by Crippen LogP contribution is -2.46. The van der Waals surface area contributed by atoms with Crippen molar-refractivity contribution in [3.8, 4) is 0 Å². The number of nitrogens with zero attached hydrogens (tertiary/aromatic N) is 1. The Balaban J connectivity index is 2.09. The Morgan fingerprint density at radius 2 is 1.80 bits per heavy atom. The Morgan fingerprint density at radius 3 is 2.30 bits per heavy atom. The molecule has 1 heterocycles. The maximum atomic E-state index is 12.8. The zero-order valence-electron chi connectivity index (χ0n) is 12.8. The van der Waals surface area contributed by atoms with E-state index in [1.54, 1.807) is 0 Å². The highest BCUT2D eigenvalue weighted by molar-refractivity contribution is 5.84. The van der Waals surface area contributed by atoms with E-state index in [0.717, 1.165) is 31.5 Å². The van der Waals surface area contributed by atoms with E-state index in [9.17, 15) is 4.79 Å². The molecule has 0 aromatic heterocycles. The van der Waals surface area contributed by atoms with E-state index in [0.29, 0.717) is 17.9 Å². The fourth-order valence-electron chi connectivity index (χ4n) is 3.06. The van der Waals surface area contributed by atoms with Gasteiger partial charge in [-0.2, -0.15) is 0 Å². The highest BCUT2D eigenvalue weighted by Crippen LogP contribution is 2.27. The van der Waals surface area contributed by atoms with E-state index < -0.39 is 0 Å². The summed E-state index contributed by atoms with van der Waals surface area (Å²) in [6.45, 7) is 6.02. The third-order valence-electron chi connectivity index (χ3n) is 4.31. The summed E-state index contributed by atoms with van der Waals surface area (Å²) in [4.78, 5) is 14.9. The lowest BCUT2D eigenvalue weighted by atomic mass is 9.86. The monoisotopic (exact) mass is 274 g/mol. The highest BCUT2D eigenvalue weighted by Gasteiger charge is 2.30. The molecule has 2 rings (SSSR count). The number of nitrogens with one attached hydrogen (secondary N) is 1. The normalized spacial score (nSPS) is 18.3. The van der Waals surface area contributed by atoms with Crippen LogP contribution >= 0.6 is 0 Å². The van der Waals surface area contributed by atoms with Crippen molar-refractivity contribution in [3.05, 3.63) is 35.9 Å². The van der Waals surface area contributed by atoms with Crippen molar-refractivity contribution >= 4 is 5.91 Å². The number of rotatable bonds is 4. The third kappa shape index (κ3) is 3.40. The van der Waals surface area contributed by atoms with Crippen molar-refractivity contribution in [2.45, 2.75) is 38.6 Å². The predicted octanol–water partition coefficient (Wildman–Crippen LogP) is 2.64. The molecule has 1 saturated heterocycles. The summed E-state index contributed by atoms with van der Waals surface area (Å²) < 4.78 is 0. The lowest BCUT2D eigenvalue weighted by Gasteiger charge is -2.35. The molecule has 0 saturated carbocycles. The van der Waals surface area contributed by atoms with Crippen LogP contribution in [0.25, 0.3) is 0 Å². The van der Waals surface area contributed by atoms with E-state index in [2.05, 4.69) is 31.3 Å². The lowest BCUT2D eigenvalue weighted by molar-refractivity contribution is -0.135. The third-order valence-corrected chi connectivity index (χ3v) is 4.31. The van der Waals surface area contributed by atoms with Gasteiger partial charge in [-0.3, -0.25) is 4.79 Å². The molecule has 3 nitrogen and oxygen atoms in total. The van der Waals surface area contributed by atoms with E-state index in [1.165, 1.54) is 0 Å². The van der Waals surface area contributed by atoms with Gasteiger partial charge >= 0.3 is 0 Å². The van der Waals surface area contributed by atoms with Crippen LogP contribution in [0, 0.1) is 5.92 Å². The molecule has 1 N–H and O–H groups in total. The van der Waals surface area contributed by atoms with Gasteiger partial charge in [0.15, 0.2) is 0 Å². The highest BCUT2D eigenvalue weighted by atomic mass is 16.2. The van der Waals surface area contributed by atoms with Crippen LogP contribution in [0.3, 0.4) is 0 Å². The fourth-order valence-corrected chi connectivity index (χ4v) is 3.06. The van der Waals surface area contributed by atoms with Gasteiger partial charge in [0.05, 0.1) is 5.92 Å². The van der Waals surface area contributed by atoms with Crippen LogP contribution in [-0.4, -0.2) is 37.0 Å². The average Bonchev–Trinajstić information content (AvgIpc) is 2.48. The van der Waals surface area contributed by atoms with Crippen molar-refractivity contribution in [2.24, 2.45) is 5.92 Å². The molecule has 0 bridgehead atoms. The largest absolute Gasteiger partial charge is 0.342 e. The molecule has 110 valence electrons. The quantitative estimate of drug-likeness (QED) is 0.915. The Kier molecular flexibility index (Phi) is 5.18. The second-order valence-electron chi connectivity index (χ2n) is 6.02. The molecule has 1 fully saturated rings. The first-order valence-electron chi connectivity index (χ1n) is 7.64. The SMILES string of the molecule is CNC1CCN(C(=O)C(c2ccccc2)C(C)C)CC1. The van der Waals surface area contributed by atoms with Crippen LogP contribution in [0.2, 0.25) is 0 Å². The molecule has 0 aliphatic carbocycles. The summed E-state index contributed by atoms with van der Waals surface area (Å²) >= 11 is 0. The molecule has 3 heteroatoms. The molecule has 0 radical (unpaired) electrons. The van der Waals surface area contributed by atoms with Crippen molar-refractivity contribution in [2.75, 3.05) is 20.1 Å². The maximum Gasteiger partial charge on any atom is 0.230 e. The molecule has 0 spiro atoms. The summed E-state index contributed by atoms with van der Waals surface area (Å²) in [7, 11) is 2.00. The fraction of sp³-hybridized carbons (Fsp3) is 0.588. The van der Waals surface area contributed by atoms with Gasteiger partial charge < -0.3 is 10.2 Å². The molecule has 20 heavy (non-hydrogen) atoms. The van der Waals surface area contributed by atoms with Gasteiger partial charge in [0.25, 0.3) is 0 Å². The van der Waals surface area contributed by atoms with Crippen LogP contribution < -0.4 is 5.32 Å². The Labute approximate surface area is 122 Å². The maximum absolute atomic E-state index is 12.8. The minimum absolute atomic E-state index is 0.0117. The average molecular weight is 274 g/mol. The summed E-state index contributed by atoms with van der Waals surface area (Å²) in [5, 5.41) is 3.31. The van der Waals surface area contributed by atoms with Crippen molar-refractivity contribution in [1.29, 1.82) is 0 Å².